The molecule has 20 heavy (non-hydrogen) atoms. The lowest BCUT2D eigenvalue weighted by molar-refractivity contribution is 0.305. The van der Waals surface area contributed by atoms with Gasteiger partial charge in [-0.3, -0.25) is 4.98 Å². The molecule has 0 saturated carbocycles. The van der Waals surface area contributed by atoms with Gasteiger partial charge in [0.25, 0.3) is 0 Å². The van der Waals surface area contributed by atoms with Gasteiger partial charge >= 0.3 is 0 Å². The van der Waals surface area contributed by atoms with Crippen LogP contribution in [0, 0.1) is 11.8 Å². The van der Waals surface area contributed by atoms with Crippen LogP contribution in [0.25, 0.3) is 0 Å². The van der Waals surface area contributed by atoms with Crippen molar-refractivity contribution in [2.75, 3.05) is 24.7 Å². The van der Waals surface area contributed by atoms with Gasteiger partial charge in [-0.1, -0.05) is 18.8 Å². The molecule has 0 aromatic carbocycles. The van der Waals surface area contributed by atoms with Gasteiger partial charge < -0.3 is 9.84 Å². The van der Waals surface area contributed by atoms with Crippen LogP contribution >= 0.6 is 0 Å². The van der Waals surface area contributed by atoms with Crippen molar-refractivity contribution in [3.8, 4) is 17.6 Å². The maximum atomic E-state index is 11.3. The van der Waals surface area contributed by atoms with Gasteiger partial charge in [0.1, 0.15) is 15.6 Å². The van der Waals surface area contributed by atoms with Crippen LogP contribution in [0.4, 0.5) is 0 Å². The number of hydrogen-bond donors (Lipinski definition) is 1. The van der Waals surface area contributed by atoms with Crippen molar-refractivity contribution in [3.63, 3.8) is 0 Å². The maximum Gasteiger partial charge on any atom is 0.150 e. The molecule has 1 heterocycles. The zero-order chi connectivity index (χ0) is 14.8. The first kappa shape index (κ1) is 16.5. The molecule has 1 aromatic heterocycles. The van der Waals surface area contributed by atoms with E-state index in [4.69, 9.17) is 9.84 Å². The van der Waals surface area contributed by atoms with Gasteiger partial charge in [-0.2, -0.15) is 0 Å². The van der Waals surface area contributed by atoms with E-state index < -0.39 is 9.84 Å². The van der Waals surface area contributed by atoms with Gasteiger partial charge in [-0.25, -0.2) is 8.42 Å². The van der Waals surface area contributed by atoms with Crippen molar-refractivity contribution in [2.24, 2.45) is 0 Å². The van der Waals surface area contributed by atoms with Gasteiger partial charge in [-0.15, -0.1) is 0 Å². The quantitative estimate of drug-likeness (QED) is 0.600. The van der Waals surface area contributed by atoms with Gasteiger partial charge in [0, 0.05) is 23.9 Å². The van der Waals surface area contributed by atoms with Crippen molar-refractivity contribution in [1.82, 2.24) is 4.98 Å². The number of sulfone groups is 1. The number of aliphatic hydroxyl groups excluding tert-OH is 1. The summed E-state index contributed by atoms with van der Waals surface area (Å²) in [6.45, 7) is 1.99. The number of ether oxygens (including phenoxy) is 1. The minimum Gasteiger partial charge on any atom is -0.492 e. The molecular formula is C14H19NO4S. The molecule has 0 aliphatic rings. The summed E-state index contributed by atoms with van der Waals surface area (Å²) in [5.41, 5.74) is 0.706. The standard InChI is InChI=1S/C14H19NO4S/c1-2-20(17,18)9-5-8-19-14-10-13(11-15-12-14)6-3-4-7-16/h10-12,16H,2,4-5,7-9H2,1H3. The highest BCUT2D eigenvalue weighted by Gasteiger charge is 2.06. The van der Waals surface area contributed by atoms with E-state index in [0.717, 1.165) is 0 Å². The molecule has 0 spiro atoms. The molecule has 0 radical (unpaired) electrons. The maximum absolute atomic E-state index is 11.3. The minimum atomic E-state index is -2.94. The second-order valence-corrected chi connectivity index (χ2v) is 6.60. The van der Waals surface area contributed by atoms with Crippen molar-refractivity contribution >= 4 is 9.84 Å². The second-order valence-electron chi connectivity index (χ2n) is 4.12. The van der Waals surface area contributed by atoms with Crippen LogP contribution in [-0.4, -0.2) is 43.2 Å². The third kappa shape index (κ3) is 6.55. The van der Waals surface area contributed by atoms with Crippen molar-refractivity contribution in [2.45, 2.75) is 19.8 Å². The third-order valence-electron chi connectivity index (χ3n) is 2.49. The number of hydrogen-bond acceptors (Lipinski definition) is 5. The molecule has 0 amide bonds. The predicted octanol–water partition coefficient (Wildman–Crippen LogP) is 1.02. The average Bonchev–Trinajstić information content (AvgIpc) is 2.45. The fourth-order valence-corrected chi connectivity index (χ4v) is 2.25. The molecule has 1 aromatic rings. The van der Waals surface area contributed by atoms with E-state index in [-0.39, 0.29) is 18.1 Å². The van der Waals surface area contributed by atoms with Gasteiger partial charge in [0.15, 0.2) is 0 Å². The molecule has 0 aliphatic carbocycles. The summed E-state index contributed by atoms with van der Waals surface area (Å²) in [7, 11) is -2.94. The highest BCUT2D eigenvalue weighted by molar-refractivity contribution is 7.91. The first-order valence-electron chi connectivity index (χ1n) is 6.45. The zero-order valence-electron chi connectivity index (χ0n) is 11.5. The summed E-state index contributed by atoms with van der Waals surface area (Å²) in [5, 5.41) is 8.64. The molecule has 5 nitrogen and oxygen atoms in total. The summed E-state index contributed by atoms with van der Waals surface area (Å²) in [5.74, 6) is 6.51. The Kier molecular flexibility index (Phi) is 7.05. The van der Waals surface area contributed by atoms with Crippen LogP contribution < -0.4 is 4.74 Å². The summed E-state index contributed by atoms with van der Waals surface area (Å²) in [4.78, 5) is 4.00. The number of rotatable bonds is 7. The van der Waals surface area contributed by atoms with Crippen LogP contribution in [-0.2, 0) is 9.84 Å². The first-order valence-corrected chi connectivity index (χ1v) is 8.27. The fourth-order valence-electron chi connectivity index (χ4n) is 1.40. The van der Waals surface area contributed by atoms with Crippen molar-refractivity contribution in [1.29, 1.82) is 0 Å². The number of pyridine rings is 1. The molecule has 1 N–H and O–H groups in total. The van der Waals surface area contributed by atoms with E-state index in [1.165, 1.54) is 0 Å². The summed E-state index contributed by atoms with van der Waals surface area (Å²) < 4.78 is 28.1. The molecule has 0 aliphatic heterocycles. The minimum absolute atomic E-state index is 0.0303. The second kappa shape index (κ2) is 8.56. The lowest BCUT2D eigenvalue weighted by Crippen LogP contribution is -2.11. The van der Waals surface area contributed by atoms with Gasteiger partial charge in [0.2, 0.25) is 0 Å². The Labute approximate surface area is 119 Å². The molecule has 0 unspecified atom stereocenters. The van der Waals surface area contributed by atoms with Gasteiger partial charge in [-0.05, 0) is 12.5 Å². The van der Waals surface area contributed by atoms with E-state index in [9.17, 15) is 8.42 Å². The van der Waals surface area contributed by atoms with E-state index in [1.807, 2.05) is 0 Å². The third-order valence-corrected chi connectivity index (χ3v) is 4.28. The smallest absolute Gasteiger partial charge is 0.150 e. The van der Waals surface area contributed by atoms with Crippen LogP contribution in [0.1, 0.15) is 25.3 Å². The summed E-state index contributed by atoms with van der Waals surface area (Å²) in [6, 6.07) is 1.74. The molecule has 110 valence electrons. The molecule has 0 fully saturated rings. The van der Waals surface area contributed by atoms with Crippen molar-refractivity contribution in [3.05, 3.63) is 24.0 Å². The van der Waals surface area contributed by atoms with Crippen LogP contribution in [0.3, 0.4) is 0 Å². The molecular weight excluding hydrogens is 278 g/mol. The molecule has 0 saturated heterocycles. The summed E-state index contributed by atoms with van der Waals surface area (Å²) in [6.07, 6.45) is 4.04. The molecule has 0 bridgehead atoms. The Morgan fingerprint density at radius 2 is 2.20 bits per heavy atom. The van der Waals surface area contributed by atoms with Gasteiger partial charge in [0.05, 0.1) is 25.2 Å². The number of aliphatic hydroxyl groups is 1. The van der Waals surface area contributed by atoms with E-state index in [2.05, 4.69) is 16.8 Å². The van der Waals surface area contributed by atoms with Crippen LogP contribution in [0.2, 0.25) is 0 Å². The molecule has 0 atom stereocenters. The average molecular weight is 297 g/mol. The normalized spacial score (nSPS) is 10.7. The topological polar surface area (TPSA) is 76.5 Å². The highest BCUT2D eigenvalue weighted by atomic mass is 32.2. The Bertz CT molecular complexity index is 572. The Morgan fingerprint density at radius 1 is 1.40 bits per heavy atom. The summed E-state index contributed by atoms with van der Waals surface area (Å²) >= 11 is 0. The van der Waals surface area contributed by atoms with E-state index >= 15 is 0 Å². The number of nitrogens with zero attached hydrogens (tertiary/aromatic N) is 1. The largest absolute Gasteiger partial charge is 0.492 e. The highest BCUT2D eigenvalue weighted by Crippen LogP contribution is 2.11. The Balaban J connectivity index is 2.45. The Morgan fingerprint density at radius 3 is 2.90 bits per heavy atom. The molecule has 6 heteroatoms. The molecule has 1 rings (SSSR count). The fraction of sp³-hybridized carbons (Fsp3) is 0.500. The van der Waals surface area contributed by atoms with E-state index in [0.29, 0.717) is 30.8 Å². The SMILES string of the molecule is CCS(=O)(=O)CCCOc1cncc(C#CCCO)c1. The Hall–Kier alpha value is -1.58. The lowest BCUT2D eigenvalue weighted by Gasteiger charge is -2.06. The van der Waals surface area contributed by atoms with Crippen LogP contribution in [0.5, 0.6) is 5.75 Å². The van der Waals surface area contributed by atoms with Crippen LogP contribution in [0.15, 0.2) is 18.5 Å². The predicted molar refractivity (Wildman–Crippen MR) is 77.3 cm³/mol. The zero-order valence-corrected chi connectivity index (χ0v) is 12.3. The first-order chi connectivity index (χ1) is 9.57. The lowest BCUT2D eigenvalue weighted by atomic mass is 10.2. The number of aromatic nitrogens is 1. The van der Waals surface area contributed by atoms with Crippen molar-refractivity contribution < 1.29 is 18.3 Å². The van der Waals surface area contributed by atoms with E-state index in [1.54, 1.807) is 25.4 Å². The monoisotopic (exact) mass is 297 g/mol.